The fraction of sp³-hybridized carbons (Fsp3) is 0.294. The van der Waals surface area contributed by atoms with Crippen molar-refractivity contribution in [1.82, 2.24) is 15.6 Å². The Morgan fingerprint density at radius 1 is 1.31 bits per heavy atom. The number of pyridine rings is 1. The van der Waals surface area contributed by atoms with Crippen molar-refractivity contribution in [1.29, 1.82) is 0 Å². The van der Waals surface area contributed by atoms with Gasteiger partial charge in [0.05, 0.1) is 24.0 Å². The standard InChI is InChI=1S/C17H19N3O3S2.ClH/c21-17(11-19-13-6-9-25(22,23)12-13)20-16(10-14-4-3-8-24-14)15-5-1-2-7-18-15;/h1-9,13,16,19H,10-12H2,(H,20,21);1H. The second-order valence-electron chi connectivity index (χ2n) is 5.80. The molecule has 2 unspecified atom stereocenters. The molecule has 26 heavy (non-hydrogen) atoms. The minimum atomic E-state index is -3.13. The molecule has 6 nitrogen and oxygen atoms in total. The van der Waals surface area contributed by atoms with Gasteiger partial charge in [-0.2, -0.15) is 0 Å². The van der Waals surface area contributed by atoms with E-state index in [0.29, 0.717) is 6.42 Å². The largest absolute Gasteiger partial charge is 0.346 e. The molecule has 0 fully saturated rings. The van der Waals surface area contributed by atoms with Crippen molar-refractivity contribution < 1.29 is 13.2 Å². The summed E-state index contributed by atoms with van der Waals surface area (Å²) in [4.78, 5) is 17.8. The lowest BCUT2D eigenvalue weighted by Gasteiger charge is -2.18. The number of aromatic nitrogens is 1. The Hall–Kier alpha value is -1.74. The van der Waals surface area contributed by atoms with E-state index in [1.165, 1.54) is 5.41 Å². The van der Waals surface area contributed by atoms with E-state index in [1.807, 2.05) is 35.7 Å². The molecule has 2 aromatic heterocycles. The Kier molecular flexibility index (Phi) is 7.33. The van der Waals surface area contributed by atoms with E-state index < -0.39 is 9.84 Å². The van der Waals surface area contributed by atoms with E-state index in [1.54, 1.807) is 23.6 Å². The van der Waals surface area contributed by atoms with Gasteiger partial charge in [-0.15, -0.1) is 23.7 Å². The van der Waals surface area contributed by atoms with Gasteiger partial charge in [0.1, 0.15) is 0 Å². The molecule has 2 atom stereocenters. The van der Waals surface area contributed by atoms with E-state index in [9.17, 15) is 13.2 Å². The lowest BCUT2D eigenvalue weighted by molar-refractivity contribution is -0.121. The van der Waals surface area contributed by atoms with Crippen LogP contribution < -0.4 is 10.6 Å². The fourth-order valence-corrected chi connectivity index (χ4v) is 4.64. The van der Waals surface area contributed by atoms with Gasteiger partial charge >= 0.3 is 0 Å². The molecule has 0 saturated carbocycles. The molecule has 0 aromatic carbocycles. The predicted molar refractivity (Wildman–Crippen MR) is 105 cm³/mol. The SMILES string of the molecule is Cl.O=C(CNC1C=CS(=O)(=O)C1)NC(Cc1cccs1)c1ccccn1. The molecule has 9 heteroatoms. The summed E-state index contributed by atoms with van der Waals surface area (Å²) in [6.07, 6.45) is 3.94. The van der Waals surface area contributed by atoms with Crippen molar-refractivity contribution in [3.8, 4) is 0 Å². The van der Waals surface area contributed by atoms with Crippen molar-refractivity contribution in [2.75, 3.05) is 12.3 Å². The van der Waals surface area contributed by atoms with Crippen molar-refractivity contribution >= 4 is 39.5 Å². The van der Waals surface area contributed by atoms with Crippen LogP contribution in [0.2, 0.25) is 0 Å². The molecular formula is C17H20ClN3O3S2. The third-order valence-corrected chi connectivity index (χ3v) is 6.11. The summed E-state index contributed by atoms with van der Waals surface area (Å²) in [5.41, 5.74) is 0.799. The molecule has 0 spiro atoms. The molecule has 3 heterocycles. The fourth-order valence-electron chi connectivity index (χ4n) is 2.61. The first kappa shape index (κ1) is 20.6. The zero-order valence-corrected chi connectivity index (χ0v) is 16.3. The van der Waals surface area contributed by atoms with Crippen LogP contribution in [0, 0.1) is 0 Å². The molecule has 140 valence electrons. The normalized spacial score (nSPS) is 18.8. The Morgan fingerprint density at radius 3 is 2.77 bits per heavy atom. The molecule has 1 aliphatic heterocycles. The van der Waals surface area contributed by atoms with Crippen molar-refractivity contribution in [2.45, 2.75) is 18.5 Å². The van der Waals surface area contributed by atoms with Crippen molar-refractivity contribution in [3.05, 3.63) is 64.0 Å². The number of thiophene rings is 1. The monoisotopic (exact) mass is 413 g/mol. The summed E-state index contributed by atoms with van der Waals surface area (Å²) in [6, 6.07) is 9.08. The van der Waals surface area contributed by atoms with Gasteiger partial charge in [-0.05, 0) is 23.6 Å². The van der Waals surface area contributed by atoms with E-state index in [4.69, 9.17) is 0 Å². The van der Waals surface area contributed by atoms with Gasteiger partial charge < -0.3 is 10.6 Å². The molecule has 2 aromatic rings. The van der Waals surface area contributed by atoms with Crippen molar-refractivity contribution in [3.63, 3.8) is 0 Å². The van der Waals surface area contributed by atoms with E-state index in [2.05, 4.69) is 15.6 Å². The van der Waals surface area contributed by atoms with E-state index in [0.717, 1.165) is 10.6 Å². The van der Waals surface area contributed by atoms with Gasteiger partial charge in [-0.1, -0.05) is 18.2 Å². The van der Waals surface area contributed by atoms with Gasteiger partial charge in [0, 0.05) is 28.9 Å². The molecule has 0 saturated heterocycles. The number of sulfone groups is 1. The minimum Gasteiger partial charge on any atom is -0.346 e. The topological polar surface area (TPSA) is 88.2 Å². The first-order chi connectivity index (χ1) is 12.0. The van der Waals surface area contributed by atoms with Crippen LogP contribution >= 0.6 is 23.7 Å². The zero-order chi connectivity index (χ0) is 17.7. The number of rotatable bonds is 7. The third kappa shape index (κ3) is 5.91. The third-order valence-electron chi connectivity index (χ3n) is 3.82. The minimum absolute atomic E-state index is 0. The molecule has 0 aliphatic carbocycles. The van der Waals surface area contributed by atoms with Crippen LogP contribution in [0.3, 0.4) is 0 Å². The summed E-state index contributed by atoms with van der Waals surface area (Å²) in [7, 11) is -3.13. The van der Waals surface area contributed by atoms with Crippen LogP contribution in [0.5, 0.6) is 0 Å². The highest BCUT2D eigenvalue weighted by Gasteiger charge is 2.22. The lowest BCUT2D eigenvalue weighted by Crippen LogP contribution is -2.41. The van der Waals surface area contributed by atoms with Gasteiger partial charge in [0.2, 0.25) is 5.91 Å². The second-order valence-corrected chi connectivity index (χ2v) is 8.77. The maximum absolute atomic E-state index is 12.3. The number of amides is 1. The van der Waals surface area contributed by atoms with Crippen LogP contribution in [0.4, 0.5) is 0 Å². The summed E-state index contributed by atoms with van der Waals surface area (Å²) in [5, 5.41) is 9.13. The van der Waals surface area contributed by atoms with Crippen LogP contribution in [0.1, 0.15) is 16.6 Å². The highest BCUT2D eigenvalue weighted by Crippen LogP contribution is 2.19. The molecule has 1 amide bonds. The lowest BCUT2D eigenvalue weighted by atomic mass is 10.1. The molecule has 3 rings (SSSR count). The van der Waals surface area contributed by atoms with E-state index in [-0.39, 0.29) is 42.7 Å². The second kappa shape index (κ2) is 9.27. The number of hydrogen-bond acceptors (Lipinski definition) is 6. The maximum atomic E-state index is 12.3. The van der Waals surface area contributed by atoms with Gasteiger partial charge in [-0.25, -0.2) is 8.42 Å². The number of carbonyl (C=O) groups is 1. The average molecular weight is 414 g/mol. The van der Waals surface area contributed by atoms with Crippen LogP contribution in [0.15, 0.2) is 53.4 Å². The highest BCUT2D eigenvalue weighted by atomic mass is 35.5. The summed E-state index contributed by atoms with van der Waals surface area (Å²) < 4.78 is 22.8. The van der Waals surface area contributed by atoms with Crippen LogP contribution in [-0.4, -0.2) is 37.6 Å². The molecule has 2 N–H and O–H groups in total. The van der Waals surface area contributed by atoms with Gasteiger partial charge in [0.15, 0.2) is 9.84 Å². The molecule has 0 bridgehead atoms. The Morgan fingerprint density at radius 2 is 2.15 bits per heavy atom. The number of nitrogens with zero attached hydrogens (tertiary/aromatic N) is 1. The zero-order valence-electron chi connectivity index (χ0n) is 13.9. The molecular weight excluding hydrogens is 394 g/mol. The van der Waals surface area contributed by atoms with Crippen molar-refractivity contribution in [2.24, 2.45) is 0 Å². The number of carbonyl (C=O) groups excluding carboxylic acids is 1. The van der Waals surface area contributed by atoms with E-state index >= 15 is 0 Å². The molecule has 0 radical (unpaired) electrons. The summed E-state index contributed by atoms with van der Waals surface area (Å²) in [6.45, 7) is 0.0539. The first-order valence-corrected chi connectivity index (χ1v) is 10.5. The highest BCUT2D eigenvalue weighted by molar-refractivity contribution is 7.94. The van der Waals surface area contributed by atoms with Crippen LogP contribution in [-0.2, 0) is 21.1 Å². The van der Waals surface area contributed by atoms with Gasteiger partial charge in [0.25, 0.3) is 0 Å². The van der Waals surface area contributed by atoms with Crippen LogP contribution in [0.25, 0.3) is 0 Å². The number of halogens is 1. The Labute approximate surface area is 163 Å². The predicted octanol–water partition coefficient (Wildman–Crippen LogP) is 1.87. The Bertz CT molecular complexity index is 839. The Balaban J connectivity index is 0.00000243. The number of nitrogens with one attached hydrogen (secondary N) is 2. The maximum Gasteiger partial charge on any atom is 0.234 e. The summed E-state index contributed by atoms with van der Waals surface area (Å²) in [5.74, 6) is -0.191. The number of hydrogen-bond donors (Lipinski definition) is 2. The smallest absolute Gasteiger partial charge is 0.234 e. The average Bonchev–Trinajstić information content (AvgIpc) is 3.22. The first-order valence-electron chi connectivity index (χ1n) is 7.89. The quantitative estimate of drug-likeness (QED) is 0.723. The molecule has 1 aliphatic rings. The summed E-state index contributed by atoms with van der Waals surface area (Å²) >= 11 is 1.64. The van der Waals surface area contributed by atoms with Gasteiger partial charge in [-0.3, -0.25) is 9.78 Å².